The number of hydrogen-bond donors (Lipinski definition) is 2. The van der Waals surface area contributed by atoms with Gasteiger partial charge < -0.3 is 15.3 Å². The fourth-order valence-corrected chi connectivity index (χ4v) is 4.29. The summed E-state index contributed by atoms with van der Waals surface area (Å²) in [7, 11) is 0. The molecule has 0 unspecified atom stereocenters. The number of amides is 1. The molecule has 1 aromatic carbocycles. The Morgan fingerprint density at radius 2 is 1.73 bits per heavy atom. The minimum absolute atomic E-state index is 0.332. The Hall–Kier alpha value is -3.07. The standard InChI is InChI=1S/C25H31N5O3/c26-25(32)21(12-19-14-27-18-28-15-19)13-22(31)16-29-8-10-30(11-9-29)17-23-6-7-24(33-23)20-4-2-1-3-5-20/h1-7,14-15,18,21-22,31H,8-13,16-17H2,(H2,26,32)/t21-,22+/m1/s1. The Morgan fingerprint density at radius 1 is 1.03 bits per heavy atom. The van der Waals surface area contributed by atoms with Gasteiger partial charge in [-0.05, 0) is 30.5 Å². The summed E-state index contributed by atoms with van der Waals surface area (Å²) in [4.78, 5) is 24.4. The Balaban J connectivity index is 1.22. The molecule has 1 aliphatic heterocycles. The molecule has 2 atom stereocenters. The Labute approximate surface area is 194 Å². The molecule has 2 aromatic heterocycles. The van der Waals surface area contributed by atoms with Crippen LogP contribution in [0.2, 0.25) is 0 Å². The highest BCUT2D eigenvalue weighted by Gasteiger charge is 2.24. The van der Waals surface area contributed by atoms with Gasteiger partial charge in [-0.15, -0.1) is 0 Å². The molecular formula is C25H31N5O3. The van der Waals surface area contributed by atoms with Gasteiger partial charge in [0.1, 0.15) is 17.8 Å². The SMILES string of the molecule is NC(=O)[C@H](Cc1cncnc1)C[C@H](O)CN1CCN(Cc2ccc(-c3ccccc3)o2)CC1. The number of nitrogens with zero attached hydrogens (tertiary/aromatic N) is 4. The van der Waals surface area contributed by atoms with Crippen LogP contribution in [0, 0.1) is 5.92 Å². The minimum Gasteiger partial charge on any atom is -0.460 e. The number of aliphatic hydroxyl groups is 1. The van der Waals surface area contributed by atoms with Gasteiger partial charge in [0.25, 0.3) is 0 Å². The summed E-state index contributed by atoms with van der Waals surface area (Å²) in [5.74, 6) is 0.996. The highest BCUT2D eigenvalue weighted by molar-refractivity contribution is 5.77. The van der Waals surface area contributed by atoms with Crippen molar-refractivity contribution in [2.45, 2.75) is 25.5 Å². The molecule has 3 aromatic rings. The summed E-state index contributed by atoms with van der Waals surface area (Å²) in [5, 5.41) is 10.6. The van der Waals surface area contributed by atoms with Crippen LogP contribution in [0.5, 0.6) is 0 Å². The summed E-state index contributed by atoms with van der Waals surface area (Å²) in [6.07, 6.45) is 4.96. The van der Waals surface area contributed by atoms with Crippen LogP contribution in [-0.2, 0) is 17.8 Å². The molecule has 4 rings (SSSR count). The molecule has 1 saturated heterocycles. The quantitative estimate of drug-likeness (QED) is 0.487. The highest BCUT2D eigenvalue weighted by Crippen LogP contribution is 2.23. The van der Waals surface area contributed by atoms with Gasteiger partial charge in [-0.25, -0.2) is 9.97 Å². The Morgan fingerprint density at radius 3 is 2.42 bits per heavy atom. The third-order valence-corrected chi connectivity index (χ3v) is 6.09. The minimum atomic E-state index is -0.614. The van der Waals surface area contributed by atoms with E-state index in [4.69, 9.17) is 10.2 Å². The van der Waals surface area contributed by atoms with Crippen molar-refractivity contribution in [2.75, 3.05) is 32.7 Å². The average Bonchev–Trinajstić information content (AvgIpc) is 3.30. The lowest BCUT2D eigenvalue weighted by Crippen LogP contribution is -2.48. The van der Waals surface area contributed by atoms with Crippen LogP contribution in [0.15, 0.2) is 65.6 Å². The number of primary amides is 1. The molecule has 0 radical (unpaired) electrons. The first-order valence-electron chi connectivity index (χ1n) is 11.4. The van der Waals surface area contributed by atoms with Crippen molar-refractivity contribution >= 4 is 5.91 Å². The lowest BCUT2D eigenvalue weighted by Gasteiger charge is -2.35. The summed E-state index contributed by atoms with van der Waals surface area (Å²) >= 11 is 0. The van der Waals surface area contributed by atoms with E-state index in [-0.39, 0.29) is 0 Å². The number of aliphatic hydroxyl groups excluding tert-OH is 1. The second-order valence-corrected chi connectivity index (χ2v) is 8.65. The molecule has 174 valence electrons. The van der Waals surface area contributed by atoms with Gasteiger partial charge >= 0.3 is 0 Å². The van der Waals surface area contributed by atoms with Crippen LogP contribution in [-0.4, -0.2) is 69.6 Å². The number of hydrogen-bond acceptors (Lipinski definition) is 7. The molecule has 1 fully saturated rings. The fourth-order valence-electron chi connectivity index (χ4n) is 4.29. The average molecular weight is 450 g/mol. The van der Waals surface area contributed by atoms with Crippen LogP contribution >= 0.6 is 0 Å². The number of rotatable bonds is 10. The zero-order valence-corrected chi connectivity index (χ0v) is 18.7. The highest BCUT2D eigenvalue weighted by atomic mass is 16.3. The zero-order valence-electron chi connectivity index (χ0n) is 18.7. The van der Waals surface area contributed by atoms with Crippen LogP contribution in [0.1, 0.15) is 17.7 Å². The third-order valence-electron chi connectivity index (χ3n) is 6.09. The molecule has 3 N–H and O–H groups in total. The predicted octanol–water partition coefficient (Wildman–Crippen LogP) is 1.95. The summed E-state index contributed by atoms with van der Waals surface area (Å²) < 4.78 is 6.03. The first kappa shape index (κ1) is 23.1. The van der Waals surface area contributed by atoms with Crippen molar-refractivity contribution in [2.24, 2.45) is 11.7 Å². The van der Waals surface area contributed by atoms with E-state index in [9.17, 15) is 9.90 Å². The number of aromatic nitrogens is 2. The lowest BCUT2D eigenvalue weighted by atomic mass is 9.94. The maximum atomic E-state index is 11.9. The molecule has 1 amide bonds. The number of nitrogens with two attached hydrogens (primary N) is 1. The maximum Gasteiger partial charge on any atom is 0.220 e. The van der Waals surface area contributed by atoms with Gasteiger partial charge in [0.15, 0.2) is 0 Å². The van der Waals surface area contributed by atoms with Crippen molar-refractivity contribution in [1.82, 2.24) is 19.8 Å². The van der Waals surface area contributed by atoms with Crippen LogP contribution in [0.4, 0.5) is 0 Å². The molecule has 0 bridgehead atoms. The smallest absolute Gasteiger partial charge is 0.220 e. The number of carbonyl (C=O) groups excluding carboxylic acids is 1. The van der Waals surface area contributed by atoms with Crippen molar-refractivity contribution in [3.8, 4) is 11.3 Å². The number of piperazine rings is 1. The predicted molar refractivity (Wildman–Crippen MR) is 125 cm³/mol. The van der Waals surface area contributed by atoms with Crippen molar-refractivity contribution in [3.05, 3.63) is 72.5 Å². The molecule has 0 spiro atoms. The second-order valence-electron chi connectivity index (χ2n) is 8.65. The summed E-state index contributed by atoms with van der Waals surface area (Å²) in [6, 6.07) is 14.2. The van der Waals surface area contributed by atoms with Gasteiger partial charge in [0.05, 0.1) is 12.6 Å². The molecule has 8 heteroatoms. The topological polar surface area (TPSA) is 109 Å². The molecule has 0 aliphatic carbocycles. The van der Waals surface area contributed by atoms with Crippen LogP contribution in [0.25, 0.3) is 11.3 Å². The van der Waals surface area contributed by atoms with E-state index in [0.29, 0.717) is 19.4 Å². The first-order chi connectivity index (χ1) is 16.1. The van der Waals surface area contributed by atoms with E-state index >= 15 is 0 Å². The fraction of sp³-hybridized carbons (Fsp3) is 0.400. The number of furan rings is 1. The summed E-state index contributed by atoms with van der Waals surface area (Å²) in [6.45, 7) is 4.81. The monoisotopic (exact) mass is 449 g/mol. The zero-order chi connectivity index (χ0) is 23.0. The van der Waals surface area contributed by atoms with E-state index in [1.807, 2.05) is 42.5 Å². The largest absolute Gasteiger partial charge is 0.460 e. The van der Waals surface area contributed by atoms with Crippen molar-refractivity contribution < 1.29 is 14.3 Å². The van der Waals surface area contributed by atoms with Gasteiger partial charge in [0, 0.05) is 56.6 Å². The van der Waals surface area contributed by atoms with Gasteiger partial charge in [-0.3, -0.25) is 14.6 Å². The Kier molecular flexibility index (Phi) is 7.83. The molecule has 33 heavy (non-hydrogen) atoms. The number of β-amino-alcohol motifs (C(OH)–C–C–N with tert-alkyl or cyclic N) is 1. The van der Waals surface area contributed by atoms with Gasteiger partial charge in [-0.2, -0.15) is 0 Å². The molecule has 8 nitrogen and oxygen atoms in total. The summed E-state index contributed by atoms with van der Waals surface area (Å²) in [5.41, 5.74) is 7.50. The van der Waals surface area contributed by atoms with Crippen molar-refractivity contribution in [3.63, 3.8) is 0 Å². The van der Waals surface area contributed by atoms with E-state index in [2.05, 4.69) is 19.8 Å². The van der Waals surface area contributed by atoms with Crippen LogP contribution < -0.4 is 5.73 Å². The third kappa shape index (κ3) is 6.71. The molecule has 1 aliphatic rings. The number of benzene rings is 1. The van der Waals surface area contributed by atoms with E-state index in [1.165, 1.54) is 6.33 Å². The van der Waals surface area contributed by atoms with E-state index in [1.54, 1.807) is 12.4 Å². The first-order valence-corrected chi connectivity index (χ1v) is 11.4. The molecule has 0 saturated carbocycles. The van der Waals surface area contributed by atoms with Crippen molar-refractivity contribution in [1.29, 1.82) is 0 Å². The molecule has 3 heterocycles. The second kappa shape index (κ2) is 11.2. The normalized spacial score (nSPS) is 17.0. The lowest BCUT2D eigenvalue weighted by molar-refractivity contribution is -0.122. The van der Waals surface area contributed by atoms with Gasteiger partial charge in [-0.1, -0.05) is 30.3 Å². The number of carbonyl (C=O) groups is 1. The van der Waals surface area contributed by atoms with Crippen LogP contribution in [0.3, 0.4) is 0 Å². The molecular weight excluding hydrogens is 418 g/mol. The van der Waals surface area contributed by atoms with E-state index in [0.717, 1.165) is 55.4 Å². The maximum absolute atomic E-state index is 11.9. The van der Waals surface area contributed by atoms with E-state index < -0.39 is 17.9 Å². The van der Waals surface area contributed by atoms with Gasteiger partial charge in [0.2, 0.25) is 5.91 Å². The Bertz CT molecular complexity index is 1000.